The molecule has 0 amide bonds. The lowest BCUT2D eigenvalue weighted by Crippen LogP contribution is -2.41. The van der Waals surface area contributed by atoms with Crippen LogP contribution >= 0.6 is 0 Å². The van der Waals surface area contributed by atoms with Crippen molar-refractivity contribution in [3.63, 3.8) is 0 Å². The molecule has 0 bridgehead atoms. The molecule has 1 aliphatic heterocycles. The Labute approximate surface area is 143 Å². The van der Waals surface area contributed by atoms with Crippen molar-refractivity contribution < 1.29 is 0 Å². The minimum atomic E-state index is 0.218. The fourth-order valence-corrected chi connectivity index (χ4v) is 4.06. The summed E-state index contributed by atoms with van der Waals surface area (Å²) in [6.07, 6.45) is 7.79. The average molecular weight is 320 g/mol. The largest absolute Gasteiger partial charge is 0.356 e. The number of hydrogen-bond donors (Lipinski definition) is 1. The number of anilines is 1. The number of fused-ring (bicyclic) bond motifs is 2. The second-order valence-corrected chi connectivity index (χ2v) is 6.87. The van der Waals surface area contributed by atoms with Crippen LogP contribution in [-0.4, -0.2) is 29.6 Å². The number of rotatable bonds is 3. The van der Waals surface area contributed by atoms with Crippen LogP contribution in [0.3, 0.4) is 0 Å². The topological polar surface area (TPSA) is 55.0 Å². The summed E-state index contributed by atoms with van der Waals surface area (Å²) in [6, 6.07) is 10.9. The number of nitrogens with zero attached hydrogens (tertiary/aromatic N) is 3. The molecule has 2 aromatic rings. The summed E-state index contributed by atoms with van der Waals surface area (Å²) in [5.41, 5.74) is 9.82. The van der Waals surface area contributed by atoms with Gasteiger partial charge >= 0.3 is 0 Å². The second-order valence-electron chi connectivity index (χ2n) is 6.87. The Morgan fingerprint density at radius 3 is 2.75 bits per heavy atom. The fraction of sp³-hybridized carbons (Fsp3) is 0.400. The minimum Gasteiger partial charge on any atom is -0.356 e. The van der Waals surface area contributed by atoms with Crippen LogP contribution < -0.4 is 10.6 Å². The van der Waals surface area contributed by atoms with E-state index in [1.165, 1.54) is 11.1 Å². The molecule has 1 aromatic carbocycles. The van der Waals surface area contributed by atoms with Gasteiger partial charge in [-0.25, -0.2) is 9.97 Å². The monoisotopic (exact) mass is 320 g/mol. The molecule has 1 aliphatic carbocycles. The van der Waals surface area contributed by atoms with Crippen LogP contribution in [0.25, 0.3) is 6.08 Å². The molecule has 0 radical (unpaired) electrons. The van der Waals surface area contributed by atoms with Gasteiger partial charge in [-0.15, -0.1) is 0 Å². The highest BCUT2D eigenvalue weighted by molar-refractivity contribution is 5.65. The fourth-order valence-electron chi connectivity index (χ4n) is 4.06. The predicted molar refractivity (Wildman–Crippen MR) is 98.1 cm³/mol. The van der Waals surface area contributed by atoms with Crippen molar-refractivity contribution in [2.24, 2.45) is 5.73 Å². The van der Waals surface area contributed by atoms with Crippen molar-refractivity contribution in [3.8, 4) is 0 Å². The van der Waals surface area contributed by atoms with Gasteiger partial charge in [-0.2, -0.15) is 0 Å². The van der Waals surface area contributed by atoms with Gasteiger partial charge in [0.2, 0.25) is 0 Å². The molecule has 2 heterocycles. The van der Waals surface area contributed by atoms with Crippen LogP contribution in [0.2, 0.25) is 0 Å². The number of hydrogen-bond acceptors (Lipinski definition) is 4. The quantitative estimate of drug-likeness (QED) is 0.945. The molecular formula is C20H24N4. The Kier molecular flexibility index (Phi) is 3.85. The Hall–Kier alpha value is -2.20. The second kappa shape index (κ2) is 6.02. The Morgan fingerprint density at radius 2 is 1.96 bits per heavy atom. The standard InChI is InChI=1S/C20H24N4/c1-15-22-17(7-11-21)14-19(23-15)24-12-9-20(10-13-24)8-6-16-4-2-3-5-18(16)20/h2-6,8,14H,7,9-13,21H2,1H3. The zero-order chi connectivity index (χ0) is 16.6. The molecule has 24 heavy (non-hydrogen) atoms. The summed E-state index contributed by atoms with van der Waals surface area (Å²) in [5.74, 6) is 1.89. The molecule has 4 nitrogen and oxygen atoms in total. The van der Waals surface area contributed by atoms with Crippen molar-refractivity contribution in [1.29, 1.82) is 0 Å². The van der Waals surface area contributed by atoms with Gasteiger partial charge in [0.15, 0.2) is 0 Å². The highest BCUT2D eigenvalue weighted by Crippen LogP contribution is 2.44. The Balaban J connectivity index is 1.54. The Morgan fingerprint density at radius 1 is 1.17 bits per heavy atom. The van der Waals surface area contributed by atoms with Gasteiger partial charge in [0, 0.05) is 36.7 Å². The van der Waals surface area contributed by atoms with E-state index in [2.05, 4.69) is 57.4 Å². The van der Waals surface area contributed by atoms with Gasteiger partial charge in [-0.05, 0) is 37.4 Å². The van der Waals surface area contributed by atoms with Crippen LogP contribution in [0.4, 0.5) is 5.82 Å². The third-order valence-electron chi connectivity index (χ3n) is 5.34. The van der Waals surface area contributed by atoms with E-state index in [4.69, 9.17) is 5.73 Å². The maximum absolute atomic E-state index is 5.68. The molecule has 1 aromatic heterocycles. The van der Waals surface area contributed by atoms with Gasteiger partial charge < -0.3 is 10.6 Å². The van der Waals surface area contributed by atoms with Crippen LogP contribution in [0.5, 0.6) is 0 Å². The SMILES string of the molecule is Cc1nc(CCN)cc(N2CCC3(C=Cc4ccccc43)CC2)n1. The van der Waals surface area contributed by atoms with E-state index in [9.17, 15) is 0 Å². The molecule has 2 aliphatic rings. The molecule has 1 spiro atoms. The zero-order valence-electron chi connectivity index (χ0n) is 14.2. The molecule has 4 rings (SSSR count). The van der Waals surface area contributed by atoms with Crippen molar-refractivity contribution in [2.45, 2.75) is 31.6 Å². The molecule has 0 saturated carbocycles. The minimum absolute atomic E-state index is 0.218. The summed E-state index contributed by atoms with van der Waals surface area (Å²) < 4.78 is 0. The molecule has 2 N–H and O–H groups in total. The van der Waals surface area contributed by atoms with Crippen molar-refractivity contribution in [2.75, 3.05) is 24.5 Å². The summed E-state index contributed by atoms with van der Waals surface area (Å²) in [6.45, 7) is 4.64. The van der Waals surface area contributed by atoms with Gasteiger partial charge in [-0.3, -0.25) is 0 Å². The van der Waals surface area contributed by atoms with Crippen LogP contribution in [-0.2, 0) is 11.8 Å². The molecule has 0 unspecified atom stereocenters. The number of piperidine rings is 1. The molecular weight excluding hydrogens is 296 g/mol. The van der Waals surface area contributed by atoms with Crippen molar-refractivity contribution in [3.05, 3.63) is 59.1 Å². The summed E-state index contributed by atoms with van der Waals surface area (Å²) in [4.78, 5) is 11.5. The van der Waals surface area contributed by atoms with Gasteiger partial charge in [0.25, 0.3) is 0 Å². The van der Waals surface area contributed by atoms with Gasteiger partial charge in [0.05, 0.1) is 0 Å². The first kappa shape index (κ1) is 15.3. The van der Waals surface area contributed by atoms with E-state index in [1.807, 2.05) is 6.92 Å². The molecule has 1 saturated heterocycles. The molecule has 124 valence electrons. The first-order chi connectivity index (χ1) is 11.7. The van der Waals surface area contributed by atoms with E-state index in [0.717, 1.165) is 49.7 Å². The summed E-state index contributed by atoms with van der Waals surface area (Å²) in [5, 5.41) is 0. The number of allylic oxidation sites excluding steroid dienone is 1. The summed E-state index contributed by atoms with van der Waals surface area (Å²) >= 11 is 0. The smallest absolute Gasteiger partial charge is 0.132 e. The first-order valence-electron chi connectivity index (χ1n) is 8.78. The van der Waals surface area contributed by atoms with Crippen molar-refractivity contribution in [1.82, 2.24) is 9.97 Å². The van der Waals surface area contributed by atoms with Crippen LogP contribution in [0.15, 0.2) is 36.4 Å². The normalized spacial score (nSPS) is 18.2. The highest BCUT2D eigenvalue weighted by Gasteiger charge is 2.38. The maximum Gasteiger partial charge on any atom is 0.132 e. The van der Waals surface area contributed by atoms with Crippen molar-refractivity contribution >= 4 is 11.9 Å². The van der Waals surface area contributed by atoms with E-state index >= 15 is 0 Å². The third kappa shape index (κ3) is 2.61. The van der Waals surface area contributed by atoms with E-state index < -0.39 is 0 Å². The van der Waals surface area contributed by atoms with Gasteiger partial charge in [0.1, 0.15) is 11.6 Å². The Bertz CT molecular complexity index is 773. The molecule has 1 fully saturated rings. The van der Waals surface area contributed by atoms with E-state index in [1.54, 1.807) is 0 Å². The lowest BCUT2D eigenvalue weighted by Gasteiger charge is -2.40. The number of aromatic nitrogens is 2. The van der Waals surface area contributed by atoms with Gasteiger partial charge in [-0.1, -0.05) is 36.4 Å². The van der Waals surface area contributed by atoms with E-state index in [-0.39, 0.29) is 5.41 Å². The van der Waals surface area contributed by atoms with Crippen LogP contribution in [0.1, 0.15) is 35.5 Å². The molecule has 4 heteroatoms. The lowest BCUT2D eigenvalue weighted by atomic mass is 9.74. The number of benzene rings is 1. The molecule has 0 atom stereocenters. The number of aryl methyl sites for hydroxylation is 1. The third-order valence-corrected chi connectivity index (χ3v) is 5.34. The summed E-state index contributed by atoms with van der Waals surface area (Å²) in [7, 11) is 0. The zero-order valence-corrected chi connectivity index (χ0v) is 14.2. The maximum atomic E-state index is 5.68. The van der Waals surface area contributed by atoms with Crippen LogP contribution in [0, 0.1) is 6.92 Å². The average Bonchev–Trinajstić information content (AvgIpc) is 2.94. The highest BCUT2D eigenvalue weighted by atomic mass is 15.2. The lowest BCUT2D eigenvalue weighted by molar-refractivity contribution is 0.409. The predicted octanol–water partition coefficient (Wildman–Crippen LogP) is 2.85. The van der Waals surface area contributed by atoms with E-state index in [0.29, 0.717) is 6.54 Å². The first-order valence-corrected chi connectivity index (χ1v) is 8.78. The number of nitrogens with two attached hydrogens (primary N) is 1.